The minimum atomic E-state index is -4.00. The zero-order valence-electron chi connectivity index (χ0n) is 10.9. The van der Waals surface area contributed by atoms with Gasteiger partial charge in [0.15, 0.2) is 0 Å². The van der Waals surface area contributed by atoms with E-state index in [0.29, 0.717) is 5.56 Å². The van der Waals surface area contributed by atoms with Crippen molar-refractivity contribution in [2.45, 2.75) is 17.9 Å². The third kappa shape index (κ3) is 3.46. The van der Waals surface area contributed by atoms with Gasteiger partial charge in [0, 0.05) is 6.04 Å². The molecule has 1 unspecified atom stereocenters. The Bertz CT molecular complexity index is 770. The Hall–Kier alpha value is -1.77. The molecule has 0 saturated heterocycles. The summed E-state index contributed by atoms with van der Waals surface area (Å²) in [6.45, 7) is 1.55. The van der Waals surface area contributed by atoms with Gasteiger partial charge in [-0.3, -0.25) is 0 Å². The minimum Gasteiger partial charge on any atom is -0.477 e. The van der Waals surface area contributed by atoms with Crippen LogP contribution in [0.15, 0.2) is 40.6 Å². The molecule has 2 rings (SSSR count). The van der Waals surface area contributed by atoms with E-state index in [1.807, 2.05) is 0 Å². The first-order valence-electron chi connectivity index (χ1n) is 5.90. The lowest BCUT2D eigenvalue weighted by Gasteiger charge is -2.14. The Morgan fingerprint density at radius 1 is 1.38 bits per heavy atom. The van der Waals surface area contributed by atoms with Crippen molar-refractivity contribution in [2.24, 2.45) is 0 Å². The molecule has 2 N–H and O–H groups in total. The molecule has 1 aromatic carbocycles. The number of halogens is 1. The molecule has 1 heterocycles. The maximum absolute atomic E-state index is 13.2. The summed E-state index contributed by atoms with van der Waals surface area (Å²) in [6, 6.07) is 6.08. The Kier molecular flexibility index (Phi) is 4.40. The Labute approximate surface area is 125 Å². The topological polar surface area (TPSA) is 83.5 Å². The molecule has 0 amide bonds. The smallest absolute Gasteiger partial charge is 0.347 e. The first kappa shape index (κ1) is 15.6. The Morgan fingerprint density at radius 2 is 2.10 bits per heavy atom. The molecular formula is C13H12FNO4S2. The van der Waals surface area contributed by atoms with Crippen LogP contribution in [0.2, 0.25) is 0 Å². The number of rotatable bonds is 5. The Balaban J connectivity index is 2.29. The molecule has 0 radical (unpaired) electrons. The summed E-state index contributed by atoms with van der Waals surface area (Å²) in [6.07, 6.45) is 0. The predicted molar refractivity (Wildman–Crippen MR) is 76.4 cm³/mol. The molecule has 0 aliphatic carbocycles. The van der Waals surface area contributed by atoms with Crippen LogP contribution in [0.25, 0.3) is 0 Å². The predicted octanol–water partition coefficient (Wildman–Crippen LogP) is 2.62. The number of aromatic carboxylic acids is 1. The highest BCUT2D eigenvalue weighted by Crippen LogP contribution is 2.24. The molecule has 2 aromatic rings. The van der Waals surface area contributed by atoms with Crippen molar-refractivity contribution in [3.8, 4) is 0 Å². The first-order chi connectivity index (χ1) is 9.81. The van der Waals surface area contributed by atoms with Crippen molar-refractivity contribution < 1.29 is 22.7 Å². The highest BCUT2D eigenvalue weighted by molar-refractivity contribution is 7.89. The zero-order valence-corrected chi connectivity index (χ0v) is 12.5. The molecule has 112 valence electrons. The molecule has 0 aliphatic rings. The van der Waals surface area contributed by atoms with Gasteiger partial charge >= 0.3 is 5.97 Å². The second-order valence-corrected chi connectivity index (χ2v) is 6.92. The van der Waals surface area contributed by atoms with Gasteiger partial charge in [-0.1, -0.05) is 12.1 Å². The van der Waals surface area contributed by atoms with E-state index in [1.54, 1.807) is 13.0 Å². The fourth-order valence-electron chi connectivity index (χ4n) is 1.81. The number of carboxylic acid groups (broad SMARTS) is 1. The van der Waals surface area contributed by atoms with Crippen LogP contribution >= 0.6 is 11.3 Å². The van der Waals surface area contributed by atoms with Gasteiger partial charge < -0.3 is 5.11 Å². The highest BCUT2D eigenvalue weighted by Gasteiger charge is 2.25. The standard InChI is InChI=1S/C13H12FNO4S2/c1-8(9-3-2-4-10(14)7-9)15-21(18,19)11-5-6-20-12(11)13(16)17/h2-8,15H,1H3,(H,16,17). The van der Waals surface area contributed by atoms with Crippen molar-refractivity contribution in [3.05, 3.63) is 52.0 Å². The van der Waals surface area contributed by atoms with E-state index in [9.17, 15) is 17.6 Å². The SMILES string of the molecule is CC(NS(=O)(=O)c1ccsc1C(=O)O)c1cccc(F)c1. The van der Waals surface area contributed by atoms with E-state index >= 15 is 0 Å². The molecular weight excluding hydrogens is 317 g/mol. The van der Waals surface area contributed by atoms with Crippen LogP contribution in [0, 0.1) is 5.82 Å². The number of thiophene rings is 1. The molecule has 1 aromatic heterocycles. The Morgan fingerprint density at radius 3 is 2.71 bits per heavy atom. The number of hydrogen-bond donors (Lipinski definition) is 2. The lowest BCUT2D eigenvalue weighted by atomic mass is 10.1. The van der Waals surface area contributed by atoms with Gasteiger partial charge in [0.05, 0.1) is 0 Å². The molecule has 0 aliphatic heterocycles. The second kappa shape index (κ2) is 5.92. The average Bonchev–Trinajstić information content (AvgIpc) is 2.88. The maximum atomic E-state index is 13.2. The van der Waals surface area contributed by atoms with Crippen molar-refractivity contribution >= 4 is 27.3 Å². The number of hydrogen-bond acceptors (Lipinski definition) is 4. The number of carbonyl (C=O) groups is 1. The molecule has 0 spiro atoms. The number of nitrogens with one attached hydrogen (secondary N) is 1. The molecule has 0 bridgehead atoms. The lowest BCUT2D eigenvalue weighted by molar-refractivity contribution is 0.0698. The van der Waals surface area contributed by atoms with E-state index in [4.69, 9.17) is 5.11 Å². The van der Waals surface area contributed by atoms with Crippen LogP contribution in [0.5, 0.6) is 0 Å². The molecule has 0 fully saturated rings. The molecule has 5 nitrogen and oxygen atoms in total. The van der Waals surface area contributed by atoms with Crippen LogP contribution in [0.1, 0.15) is 28.2 Å². The molecule has 8 heteroatoms. The van der Waals surface area contributed by atoms with Crippen molar-refractivity contribution in [1.82, 2.24) is 4.72 Å². The summed E-state index contributed by atoms with van der Waals surface area (Å²) in [5.74, 6) is -1.77. The fourth-order valence-corrected chi connectivity index (χ4v) is 4.30. The third-order valence-electron chi connectivity index (χ3n) is 2.79. The summed E-state index contributed by atoms with van der Waals surface area (Å²) in [7, 11) is -4.00. The van der Waals surface area contributed by atoms with Crippen LogP contribution in [-0.4, -0.2) is 19.5 Å². The molecule has 21 heavy (non-hydrogen) atoms. The first-order valence-corrected chi connectivity index (χ1v) is 8.26. The van der Waals surface area contributed by atoms with Gasteiger partial charge in [0.1, 0.15) is 15.6 Å². The average molecular weight is 329 g/mol. The van der Waals surface area contributed by atoms with Crippen molar-refractivity contribution in [3.63, 3.8) is 0 Å². The van der Waals surface area contributed by atoms with Crippen LogP contribution in [-0.2, 0) is 10.0 Å². The number of carboxylic acids is 1. The molecule has 0 saturated carbocycles. The van der Waals surface area contributed by atoms with E-state index in [-0.39, 0.29) is 9.77 Å². The van der Waals surface area contributed by atoms with Gasteiger partial charge in [-0.05, 0) is 36.1 Å². The normalized spacial score (nSPS) is 13.0. The summed E-state index contributed by atoms with van der Waals surface area (Å²) in [5, 5.41) is 10.4. The maximum Gasteiger partial charge on any atom is 0.347 e. The fraction of sp³-hybridized carbons (Fsp3) is 0.154. The van der Waals surface area contributed by atoms with Gasteiger partial charge in [-0.15, -0.1) is 11.3 Å². The quantitative estimate of drug-likeness (QED) is 0.883. The van der Waals surface area contributed by atoms with E-state index < -0.39 is 27.9 Å². The van der Waals surface area contributed by atoms with Crippen LogP contribution in [0.3, 0.4) is 0 Å². The summed E-state index contributed by atoms with van der Waals surface area (Å²) < 4.78 is 39.9. The second-order valence-electron chi connectivity index (χ2n) is 4.32. The van der Waals surface area contributed by atoms with E-state index in [2.05, 4.69) is 4.72 Å². The lowest BCUT2D eigenvalue weighted by Crippen LogP contribution is -2.27. The van der Waals surface area contributed by atoms with Gasteiger partial charge in [-0.2, -0.15) is 0 Å². The third-order valence-corrected chi connectivity index (χ3v) is 5.41. The van der Waals surface area contributed by atoms with Crippen molar-refractivity contribution in [1.29, 1.82) is 0 Å². The highest BCUT2D eigenvalue weighted by atomic mass is 32.2. The van der Waals surface area contributed by atoms with Crippen LogP contribution < -0.4 is 4.72 Å². The van der Waals surface area contributed by atoms with Crippen LogP contribution in [0.4, 0.5) is 4.39 Å². The van der Waals surface area contributed by atoms with E-state index in [0.717, 1.165) is 11.3 Å². The minimum absolute atomic E-state index is 0.256. The van der Waals surface area contributed by atoms with Gasteiger partial charge in [-0.25, -0.2) is 22.3 Å². The largest absolute Gasteiger partial charge is 0.477 e. The van der Waals surface area contributed by atoms with Gasteiger partial charge in [0.2, 0.25) is 10.0 Å². The molecule has 1 atom stereocenters. The monoisotopic (exact) mass is 329 g/mol. The van der Waals surface area contributed by atoms with Crippen molar-refractivity contribution in [2.75, 3.05) is 0 Å². The van der Waals surface area contributed by atoms with E-state index in [1.165, 1.54) is 29.6 Å². The number of sulfonamides is 1. The van der Waals surface area contributed by atoms with Gasteiger partial charge in [0.25, 0.3) is 0 Å². The zero-order chi connectivity index (χ0) is 15.6. The summed E-state index contributed by atoms with van der Waals surface area (Å²) in [5.41, 5.74) is 0.450. The summed E-state index contributed by atoms with van der Waals surface area (Å²) >= 11 is 0.831. The number of benzene rings is 1. The summed E-state index contributed by atoms with van der Waals surface area (Å²) in [4.78, 5) is 10.5.